The maximum atomic E-state index is 12.1. The molecule has 0 aliphatic rings. The van der Waals surface area contributed by atoms with E-state index in [-0.39, 0.29) is 5.91 Å². The van der Waals surface area contributed by atoms with Crippen LogP contribution in [0.3, 0.4) is 0 Å². The fraction of sp³-hybridized carbons (Fsp3) is 0.200. The summed E-state index contributed by atoms with van der Waals surface area (Å²) < 4.78 is 1.72. The molecule has 0 spiro atoms. The van der Waals surface area contributed by atoms with E-state index in [9.17, 15) is 4.79 Å². The summed E-state index contributed by atoms with van der Waals surface area (Å²) in [5, 5.41) is 5.28. The number of hydroxylamine groups is 2. The van der Waals surface area contributed by atoms with Crippen LogP contribution < -0.4 is 0 Å². The summed E-state index contributed by atoms with van der Waals surface area (Å²) in [5.74, 6) is -0.309. The van der Waals surface area contributed by atoms with Crippen LogP contribution in [0.4, 0.5) is 0 Å². The normalized spacial score (nSPS) is 10.9. The van der Waals surface area contributed by atoms with E-state index in [1.165, 1.54) is 7.11 Å². The van der Waals surface area contributed by atoms with Gasteiger partial charge in [-0.1, -0.05) is 0 Å². The molecule has 7 heteroatoms. The second-order valence-corrected chi connectivity index (χ2v) is 4.85. The van der Waals surface area contributed by atoms with Crippen molar-refractivity contribution in [1.29, 1.82) is 0 Å². The van der Waals surface area contributed by atoms with Gasteiger partial charge in [-0.2, -0.15) is 5.10 Å². The molecule has 0 N–H and O–H groups in total. The molecule has 0 fully saturated rings. The standard InChI is InChI=1S/C15H15N5O2/c1-19-9-11(8-17-19)10-6-14-12(16-7-10)4-5-13(18-14)15(21)20(2)22-3/h4-9H,1-3H3. The smallest absolute Gasteiger partial charge is 0.275 e. The van der Waals surface area contributed by atoms with Crippen molar-refractivity contribution < 1.29 is 9.63 Å². The van der Waals surface area contributed by atoms with Crippen LogP contribution >= 0.6 is 0 Å². The van der Waals surface area contributed by atoms with Gasteiger partial charge in [-0.3, -0.25) is 19.3 Å². The summed E-state index contributed by atoms with van der Waals surface area (Å²) in [6, 6.07) is 5.30. The first-order valence-electron chi connectivity index (χ1n) is 6.66. The van der Waals surface area contributed by atoms with Crippen molar-refractivity contribution in [3.05, 3.63) is 42.5 Å². The molecule has 0 unspecified atom stereocenters. The molecule has 22 heavy (non-hydrogen) atoms. The van der Waals surface area contributed by atoms with Gasteiger partial charge in [-0.15, -0.1) is 0 Å². The van der Waals surface area contributed by atoms with Gasteiger partial charge in [0.2, 0.25) is 0 Å². The molecule has 3 heterocycles. The van der Waals surface area contributed by atoms with E-state index in [0.29, 0.717) is 11.2 Å². The number of hydrogen-bond donors (Lipinski definition) is 0. The molecule has 7 nitrogen and oxygen atoms in total. The van der Waals surface area contributed by atoms with E-state index >= 15 is 0 Å². The number of fused-ring (bicyclic) bond motifs is 1. The summed E-state index contributed by atoms with van der Waals surface area (Å²) in [6.45, 7) is 0. The third kappa shape index (κ3) is 2.53. The zero-order chi connectivity index (χ0) is 15.7. The topological polar surface area (TPSA) is 73.1 Å². The SMILES string of the molecule is CON(C)C(=O)c1ccc2ncc(-c3cnn(C)c3)cc2n1. The van der Waals surface area contributed by atoms with E-state index < -0.39 is 0 Å². The third-order valence-electron chi connectivity index (χ3n) is 3.35. The molecule has 0 aromatic carbocycles. The van der Waals surface area contributed by atoms with Crippen LogP contribution in [0.2, 0.25) is 0 Å². The Balaban J connectivity index is 2.05. The minimum Gasteiger partial charge on any atom is -0.275 e. The number of amides is 1. The maximum Gasteiger partial charge on any atom is 0.295 e. The lowest BCUT2D eigenvalue weighted by Gasteiger charge is -2.13. The first-order valence-corrected chi connectivity index (χ1v) is 6.66. The van der Waals surface area contributed by atoms with Crippen molar-refractivity contribution in [2.75, 3.05) is 14.2 Å². The fourth-order valence-electron chi connectivity index (χ4n) is 2.10. The molecule has 0 atom stereocenters. The monoisotopic (exact) mass is 297 g/mol. The summed E-state index contributed by atoms with van der Waals surface area (Å²) in [6.07, 6.45) is 5.43. The van der Waals surface area contributed by atoms with Gasteiger partial charge in [-0.25, -0.2) is 10.0 Å². The van der Waals surface area contributed by atoms with E-state index in [1.54, 1.807) is 36.3 Å². The third-order valence-corrected chi connectivity index (χ3v) is 3.35. The minimum absolute atomic E-state index is 0.307. The van der Waals surface area contributed by atoms with Crippen LogP contribution in [-0.4, -0.2) is 44.9 Å². The van der Waals surface area contributed by atoms with Crippen molar-refractivity contribution in [3.63, 3.8) is 0 Å². The molecule has 0 bridgehead atoms. The first-order chi connectivity index (χ1) is 10.6. The number of aromatic nitrogens is 4. The Morgan fingerprint density at radius 1 is 1.23 bits per heavy atom. The van der Waals surface area contributed by atoms with Crippen molar-refractivity contribution in [2.24, 2.45) is 7.05 Å². The second kappa shape index (κ2) is 5.53. The highest BCUT2D eigenvalue weighted by Crippen LogP contribution is 2.21. The second-order valence-electron chi connectivity index (χ2n) is 4.85. The number of nitrogens with zero attached hydrogens (tertiary/aromatic N) is 5. The Kier molecular flexibility index (Phi) is 3.56. The van der Waals surface area contributed by atoms with Crippen LogP contribution in [0.1, 0.15) is 10.5 Å². The van der Waals surface area contributed by atoms with E-state index in [1.807, 2.05) is 19.3 Å². The van der Waals surface area contributed by atoms with Gasteiger partial charge in [-0.05, 0) is 18.2 Å². The highest BCUT2D eigenvalue weighted by atomic mass is 16.7. The molecule has 3 rings (SSSR count). The largest absolute Gasteiger partial charge is 0.295 e. The predicted octanol–water partition coefficient (Wildman–Crippen LogP) is 1.66. The van der Waals surface area contributed by atoms with Crippen LogP contribution in [-0.2, 0) is 11.9 Å². The maximum absolute atomic E-state index is 12.1. The summed E-state index contributed by atoms with van der Waals surface area (Å²) >= 11 is 0. The first kappa shape index (κ1) is 14.2. The summed E-state index contributed by atoms with van der Waals surface area (Å²) in [4.78, 5) is 25.7. The average Bonchev–Trinajstić information content (AvgIpc) is 2.98. The average molecular weight is 297 g/mol. The van der Waals surface area contributed by atoms with Crippen LogP contribution in [0, 0.1) is 0 Å². The van der Waals surface area contributed by atoms with Crippen molar-refractivity contribution in [2.45, 2.75) is 0 Å². The van der Waals surface area contributed by atoms with Crippen molar-refractivity contribution >= 4 is 16.9 Å². The van der Waals surface area contributed by atoms with Gasteiger partial charge in [0.1, 0.15) is 5.69 Å². The van der Waals surface area contributed by atoms with Crippen LogP contribution in [0.5, 0.6) is 0 Å². The molecule has 1 amide bonds. The molecule has 3 aromatic rings. The van der Waals surface area contributed by atoms with Gasteiger partial charge in [0.05, 0.1) is 24.3 Å². The van der Waals surface area contributed by atoms with Crippen LogP contribution in [0.25, 0.3) is 22.2 Å². The Morgan fingerprint density at radius 3 is 2.73 bits per heavy atom. The van der Waals surface area contributed by atoms with Gasteiger partial charge in [0, 0.05) is 37.6 Å². The lowest BCUT2D eigenvalue weighted by Crippen LogP contribution is -2.26. The van der Waals surface area contributed by atoms with E-state index in [2.05, 4.69) is 15.1 Å². The number of aryl methyl sites for hydroxylation is 1. The number of rotatable bonds is 3. The fourth-order valence-corrected chi connectivity index (χ4v) is 2.10. The molecule has 0 aliphatic heterocycles. The van der Waals surface area contributed by atoms with Gasteiger partial charge >= 0.3 is 0 Å². The summed E-state index contributed by atoms with van der Waals surface area (Å²) in [7, 11) is 4.83. The number of carbonyl (C=O) groups is 1. The zero-order valence-electron chi connectivity index (χ0n) is 12.5. The highest BCUT2D eigenvalue weighted by molar-refractivity contribution is 5.94. The van der Waals surface area contributed by atoms with E-state index in [0.717, 1.165) is 21.7 Å². The number of pyridine rings is 2. The van der Waals surface area contributed by atoms with E-state index in [4.69, 9.17) is 4.84 Å². The van der Waals surface area contributed by atoms with Crippen molar-refractivity contribution in [3.8, 4) is 11.1 Å². The molecule has 0 saturated heterocycles. The molecular weight excluding hydrogens is 282 g/mol. The number of hydrogen-bond acceptors (Lipinski definition) is 5. The molecule has 0 radical (unpaired) electrons. The lowest BCUT2D eigenvalue weighted by atomic mass is 10.1. The molecule has 0 aliphatic carbocycles. The highest BCUT2D eigenvalue weighted by Gasteiger charge is 2.14. The Morgan fingerprint density at radius 2 is 2.05 bits per heavy atom. The Labute approximate surface area is 127 Å². The van der Waals surface area contributed by atoms with Crippen LogP contribution in [0.15, 0.2) is 36.8 Å². The lowest BCUT2D eigenvalue weighted by molar-refractivity contribution is -0.0760. The molecule has 0 saturated carbocycles. The van der Waals surface area contributed by atoms with Gasteiger partial charge in [0.25, 0.3) is 5.91 Å². The number of carbonyl (C=O) groups excluding carboxylic acids is 1. The van der Waals surface area contributed by atoms with Gasteiger partial charge in [0.15, 0.2) is 0 Å². The quantitative estimate of drug-likeness (QED) is 0.687. The molecular formula is C15H15N5O2. The van der Waals surface area contributed by atoms with Crippen molar-refractivity contribution in [1.82, 2.24) is 24.8 Å². The Hall–Kier alpha value is -2.80. The zero-order valence-corrected chi connectivity index (χ0v) is 12.5. The summed E-state index contributed by atoms with van der Waals surface area (Å²) in [5.41, 5.74) is 3.53. The predicted molar refractivity (Wildman–Crippen MR) is 80.8 cm³/mol. The Bertz CT molecular complexity index is 843. The minimum atomic E-state index is -0.309. The molecule has 3 aromatic heterocycles. The van der Waals surface area contributed by atoms with Gasteiger partial charge < -0.3 is 0 Å². The molecule has 112 valence electrons.